The Labute approximate surface area is 120 Å². The Balaban J connectivity index is 1.99. The van der Waals surface area contributed by atoms with Gasteiger partial charge in [-0.3, -0.25) is 4.79 Å². The summed E-state index contributed by atoms with van der Waals surface area (Å²) in [6, 6.07) is 12.8. The van der Waals surface area contributed by atoms with Crippen LogP contribution in [0.1, 0.15) is 5.56 Å². The number of nitrogen functional groups attached to an aromatic ring is 1. The highest BCUT2D eigenvalue weighted by molar-refractivity contribution is 5.92. The van der Waals surface area contributed by atoms with Crippen molar-refractivity contribution in [1.29, 1.82) is 0 Å². The first kappa shape index (κ1) is 14.8. The number of alkyl halides is 2. The van der Waals surface area contributed by atoms with Crippen LogP contribution in [0.2, 0.25) is 0 Å². The molecule has 0 atom stereocenters. The average molecular weight is 292 g/mol. The summed E-state index contributed by atoms with van der Waals surface area (Å²) < 4.78 is 28.5. The largest absolute Gasteiger partial charge is 0.435 e. The summed E-state index contributed by atoms with van der Waals surface area (Å²) >= 11 is 0. The van der Waals surface area contributed by atoms with E-state index in [0.29, 0.717) is 11.4 Å². The Morgan fingerprint density at radius 1 is 1.19 bits per heavy atom. The van der Waals surface area contributed by atoms with E-state index in [1.54, 1.807) is 30.3 Å². The van der Waals surface area contributed by atoms with Crippen LogP contribution in [0.25, 0.3) is 0 Å². The summed E-state index contributed by atoms with van der Waals surface area (Å²) in [5.74, 6) is -0.276. The number of hydrogen-bond acceptors (Lipinski definition) is 3. The number of nitrogens with two attached hydrogens (primary N) is 1. The fourth-order valence-electron chi connectivity index (χ4n) is 1.84. The third kappa shape index (κ3) is 4.76. The van der Waals surface area contributed by atoms with Crippen molar-refractivity contribution in [3.8, 4) is 5.75 Å². The van der Waals surface area contributed by atoms with E-state index in [1.807, 2.05) is 0 Å². The lowest BCUT2D eigenvalue weighted by molar-refractivity contribution is -0.115. The summed E-state index contributed by atoms with van der Waals surface area (Å²) in [6.45, 7) is -2.90. The second kappa shape index (κ2) is 6.69. The standard InChI is InChI=1S/C15H14F2N2O2/c16-15(17)21-13-6-2-5-12(9-13)19-14(20)8-10-3-1-4-11(18)7-10/h1-7,9,15H,8,18H2,(H,19,20). The molecule has 110 valence electrons. The minimum Gasteiger partial charge on any atom is -0.435 e. The number of ether oxygens (including phenoxy) is 1. The highest BCUT2D eigenvalue weighted by Gasteiger charge is 2.07. The normalized spacial score (nSPS) is 10.4. The Morgan fingerprint density at radius 2 is 1.95 bits per heavy atom. The van der Waals surface area contributed by atoms with E-state index in [-0.39, 0.29) is 18.1 Å². The van der Waals surface area contributed by atoms with Crippen molar-refractivity contribution in [2.45, 2.75) is 13.0 Å². The van der Waals surface area contributed by atoms with Crippen LogP contribution in [-0.4, -0.2) is 12.5 Å². The fourth-order valence-corrected chi connectivity index (χ4v) is 1.84. The summed E-state index contributed by atoms with van der Waals surface area (Å²) in [4.78, 5) is 11.9. The van der Waals surface area contributed by atoms with Crippen LogP contribution >= 0.6 is 0 Å². The van der Waals surface area contributed by atoms with Gasteiger partial charge in [-0.15, -0.1) is 0 Å². The van der Waals surface area contributed by atoms with Gasteiger partial charge in [0.2, 0.25) is 5.91 Å². The van der Waals surface area contributed by atoms with Crippen LogP contribution in [0, 0.1) is 0 Å². The molecule has 2 rings (SSSR count). The molecule has 0 fully saturated rings. The van der Waals surface area contributed by atoms with Crippen LogP contribution < -0.4 is 15.8 Å². The molecule has 0 saturated carbocycles. The van der Waals surface area contributed by atoms with Crippen molar-refractivity contribution >= 4 is 17.3 Å². The van der Waals surface area contributed by atoms with Crippen molar-refractivity contribution in [2.75, 3.05) is 11.1 Å². The van der Waals surface area contributed by atoms with E-state index in [1.165, 1.54) is 18.2 Å². The van der Waals surface area contributed by atoms with Crippen LogP contribution in [0.5, 0.6) is 5.75 Å². The van der Waals surface area contributed by atoms with Crippen molar-refractivity contribution in [3.63, 3.8) is 0 Å². The molecule has 6 heteroatoms. The Kier molecular flexibility index (Phi) is 4.71. The van der Waals surface area contributed by atoms with Gasteiger partial charge >= 0.3 is 6.61 Å². The zero-order chi connectivity index (χ0) is 15.2. The monoisotopic (exact) mass is 292 g/mol. The van der Waals surface area contributed by atoms with Gasteiger partial charge in [0.15, 0.2) is 0 Å². The predicted molar refractivity (Wildman–Crippen MR) is 76.3 cm³/mol. The summed E-state index contributed by atoms with van der Waals surface area (Å²) in [6.07, 6.45) is 0.144. The van der Waals surface area contributed by atoms with Gasteiger partial charge in [-0.25, -0.2) is 0 Å². The molecule has 2 aromatic rings. The van der Waals surface area contributed by atoms with E-state index in [9.17, 15) is 13.6 Å². The van der Waals surface area contributed by atoms with Gasteiger partial charge in [0.25, 0.3) is 0 Å². The maximum absolute atomic E-state index is 12.1. The molecule has 0 aliphatic carbocycles. The summed E-state index contributed by atoms with van der Waals surface area (Å²) in [5.41, 5.74) is 7.37. The molecule has 0 unspecified atom stereocenters. The maximum Gasteiger partial charge on any atom is 0.387 e. The maximum atomic E-state index is 12.1. The number of halogens is 2. The zero-order valence-electron chi connectivity index (χ0n) is 11.1. The summed E-state index contributed by atoms with van der Waals surface area (Å²) in [7, 11) is 0. The molecule has 4 nitrogen and oxygen atoms in total. The van der Waals surface area contributed by atoms with Gasteiger partial charge < -0.3 is 15.8 Å². The number of rotatable bonds is 5. The highest BCUT2D eigenvalue weighted by atomic mass is 19.3. The van der Waals surface area contributed by atoms with Gasteiger partial charge in [-0.2, -0.15) is 8.78 Å². The Hall–Kier alpha value is -2.63. The lowest BCUT2D eigenvalue weighted by atomic mass is 10.1. The molecule has 0 heterocycles. The third-order valence-corrected chi connectivity index (χ3v) is 2.66. The van der Waals surface area contributed by atoms with Gasteiger partial charge in [-0.1, -0.05) is 18.2 Å². The topological polar surface area (TPSA) is 64.4 Å². The van der Waals surface area contributed by atoms with Gasteiger partial charge in [0, 0.05) is 17.4 Å². The van der Waals surface area contributed by atoms with Gasteiger partial charge in [-0.05, 0) is 29.8 Å². The molecule has 0 aromatic heterocycles. The molecule has 3 N–H and O–H groups in total. The van der Waals surface area contributed by atoms with E-state index in [2.05, 4.69) is 10.1 Å². The van der Waals surface area contributed by atoms with Crippen molar-refractivity contribution in [3.05, 3.63) is 54.1 Å². The predicted octanol–water partition coefficient (Wildman–Crippen LogP) is 3.05. The van der Waals surface area contributed by atoms with E-state index in [4.69, 9.17) is 5.73 Å². The number of benzene rings is 2. The van der Waals surface area contributed by atoms with Gasteiger partial charge in [0.05, 0.1) is 6.42 Å². The van der Waals surface area contributed by atoms with Crippen LogP contribution in [0.4, 0.5) is 20.2 Å². The quantitative estimate of drug-likeness (QED) is 0.832. The minimum atomic E-state index is -2.90. The zero-order valence-corrected chi connectivity index (χ0v) is 11.1. The second-order valence-corrected chi connectivity index (χ2v) is 4.38. The SMILES string of the molecule is Nc1cccc(CC(=O)Nc2cccc(OC(F)F)c2)c1. The molecule has 0 radical (unpaired) electrons. The molecule has 0 spiro atoms. The minimum absolute atomic E-state index is 0.00763. The molecule has 1 amide bonds. The van der Waals surface area contributed by atoms with Crippen molar-refractivity contribution < 1.29 is 18.3 Å². The first-order valence-corrected chi connectivity index (χ1v) is 6.22. The highest BCUT2D eigenvalue weighted by Crippen LogP contribution is 2.19. The van der Waals surface area contributed by atoms with E-state index in [0.717, 1.165) is 5.56 Å². The first-order valence-electron chi connectivity index (χ1n) is 6.22. The van der Waals surface area contributed by atoms with Crippen molar-refractivity contribution in [1.82, 2.24) is 0 Å². The number of carbonyl (C=O) groups excluding carboxylic acids is 1. The lowest BCUT2D eigenvalue weighted by Gasteiger charge is -2.08. The van der Waals surface area contributed by atoms with Crippen LogP contribution in [0.3, 0.4) is 0 Å². The summed E-state index contributed by atoms with van der Waals surface area (Å²) in [5, 5.41) is 2.62. The number of anilines is 2. The van der Waals surface area contributed by atoms with E-state index >= 15 is 0 Å². The number of carbonyl (C=O) groups is 1. The molecule has 0 aliphatic rings. The number of amides is 1. The Morgan fingerprint density at radius 3 is 2.67 bits per heavy atom. The first-order chi connectivity index (χ1) is 10.0. The number of hydrogen-bond donors (Lipinski definition) is 2. The molecule has 2 aromatic carbocycles. The second-order valence-electron chi connectivity index (χ2n) is 4.38. The molecule has 0 bridgehead atoms. The smallest absolute Gasteiger partial charge is 0.387 e. The molecule has 0 aliphatic heterocycles. The van der Waals surface area contributed by atoms with E-state index < -0.39 is 6.61 Å². The third-order valence-electron chi connectivity index (χ3n) is 2.66. The Bertz CT molecular complexity index is 633. The van der Waals surface area contributed by atoms with Crippen LogP contribution in [-0.2, 0) is 11.2 Å². The molecular weight excluding hydrogens is 278 g/mol. The number of nitrogens with one attached hydrogen (secondary N) is 1. The fraction of sp³-hybridized carbons (Fsp3) is 0.133. The van der Waals surface area contributed by atoms with Crippen molar-refractivity contribution in [2.24, 2.45) is 0 Å². The van der Waals surface area contributed by atoms with Crippen LogP contribution in [0.15, 0.2) is 48.5 Å². The van der Waals surface area contributed by atoms with Gasteiger partial charge in [0.1, 0.15) is 5.75 Å². The average Bonchev–Trinajstić information content (AvgIpc) is 2.37. The lowest BCUT2D eigenvalue weighted by Crippen LogP contribution is -2.14. The molecule has 21 heavy (non-hydrogen) atoms. The molecular formula is C15H14F2N2O2. The molecule has 0 saturated heterocycles.